The molecular weight excluding hydrogens is 464 g/mol. The van der Waals surface area contributed by atoms with Gasteiger partial charge >= 0.3 is 5.97 Å². The monoisotopic (exact) mass is 498 g/mol. The van der Waals surface area contributed by atoms with Crippen molar-refractivity contribution in [3.8, 4) is 11.1 Å². The number of rotatable bonds is 6. The van der Waals surface area contributed by atoms with E-state index >= 15 is 0 Å². The fourth-order valence-electron chi connectivity index (χ4n) is 5.14. The maximum atomic E-state index is 12.5. The summed E-state index contributed by atoms with van der Waals surface area (Å²) in [4.78, 5) is 17.5. The van der Waals surface area contributed by atoms with Gasteiger partial charge in [-0.3, -0.25) is 0 Å². The Balaban J connectivity index is 2.00. The Hall–Kier alpha value is -2.41. The SMILES string of the molecule is Cc1nc2c(c(C)c(C)n2CC2CC(C)(C)O2)c(-c2ccc(Cl)cc2)c1[C@H](OC(C)(C)C)C(=O)O. The van der Waals surface area contributed by atoms with Crippen molar-refractivity contribution in [3.05, 3.63) is 51.8 Å². The molecule has 1 fully saturated rings. The van der Waals surface area contributed by atoms with E-state index in [1.54, 1.807) is 0 Å². The number of hydrogen-bond donors (Lipinski definition) is 1. The third-order valence-electron chi connectivity index (χ3n) is 6.67. The first-order chi connectivity index (χ1) is 16.2. The van der Waals surface area contributed by atoms with E-state index in [1.807, 2.05) is 52.0 Å². The summed E-state index contributed by atoms with van der Waals surface area (Å²) in [6.45, 7) is 16.5. The van der Waals surface area contributed by atoms with Crippen LogP contribution >= 0.6 is 11.6 Å². The van der Waals surface area contributed by atoms with Crippen molar-refractivity contribution in [2.24, 2.45) is 0 Å². The molecule has 3 heterocycles. The number of carbonyl (C=O) groups is 1. The minimum atomic E-state index is -1.17. The van der Waals surface area contributed by atoms with Crippen molar-refractivity contribution < 1.29 is 19.4 Å². The van der Waals surface area contributed by atoms with Crippen LogP contribution in [0, 0.1) is 20.8 Å². The molecule has 1 aliphatic rings. The number of nitrogens with zero attached hydrogens (tertiary/aromatic N) is 2. The maximum Gasteiger partial charge on any atom is 0.337 e. The van der Waals surface area contributed by atoms with Gasteiger partial charge in [0, 0.05) is 39.3 Å². The molecule has 2 aromatic heterocycles. The first-order valence-electron chi connectivity index (χ1n) is 12.0. The molecule has 7 heteroatoms. The second kappa shape index (κ2) is 8.91. The fourth-order valence-corrected chi connectivity index (χ4v) is 5.26. The lowest BCUT2D eigenvalue weighted by atomic mass is 9.91. The maximum absolute atomic E-state index is 12.5. The van der Waals surface area contributed by atoms with Gasteiger partial charge in [0.15, 0.2) is 6.10 Å². The Kier molecular flexibility index (Phi) is 6.54. The van der Waals surface area contributed by atoms with Gasteiger partial charge in [0.2, 0.25) is 0 Å². The van der Waals surface area contributed by atoms with E-state index in [9.17, 15) is 9.90 Å². The first kappa shape index (κ1) is 25.7. The highest BCUT2D eigenvalue weighted by molar-refractivity contribution is 6.30. The molecule has 0 aliphatic carbocycles. The average Bonchev–Trinajstić information content (AvgIpc) is 2.94. The molecule has 0 bridgehead atoms. The molecule has 4 rings (SSSR count). The van der Waals surface area contributed by atoms with Crippen LogP contribution < -0.4 is 0 Å². The summed E-state index contributed by atoms with van der Waals surface area (Å²) in [5.41, 5.74) is 5.15. The summed E-state index contributed by atoms with van der Waals surface area (Å²) in [5.74, 6) is -1.04. The van der Waals surface area contributed by atoms with Crippen molar-refractivity contribution in [1.82, 2.24) is 9.55 Å². The molecular formula is C28H35ClN2O4. The van der Waals surface area contributed by atoms with Gasteiger partial charge in [0.1, 0.15) is 5.65 Å². The molecule has 2 atom stereocenters. The van der Waals surface area contributed by atoms with Crippen molar-refractivity contribution in [2.75, 3.05) is 0 Å². The Labute approximate surface area is 212 Å². The van der Waals surface area contributed by atoms with Crippen LogP contribution in [0.15, 0.2) is 24.3 Å². The fraction of sp³-hybridized carbons (Fsp3) is 0.500. The molecule has 188 valence electrons. The van der Waals surface area contributed by atoms with Gasteiger partial charge in [-0.2, -0.15) is 0 Å². The number of aryl methyl sites for hydroxylation is 2. The molecule has 6 nitrogen and oxygen atoms in total. The predicted molar refractivity (Wildman–Crippen MR) is 139 cm³/mol. The summed E-state index contributed by atoms with van der Waals surface area (Å²) in [5, 5.41) is 11.8. The summed E-state index contributed by atoms with van der Waals surface area (Å²) in [6, 6.07) is 7.51. The molecule has 0 amide bonds. The van der Waals surface area contributed by atoms with Crippen LogP contribution in [0.4, 0.5) is 0 Å². The van der Waals surface area contributed by atoms with E-state index in [-0.39, 0.29) is 11.7 Å². The molecule has 0 saturated carbocycles. The van der Waals surface area contributed by atoms with E-state index in [4.69, 9.17) is 26.1 Å². The summed E-state index contributed by atoms with van der Waals surface area (Å²) < 4.78 is 14.4. The smallest absolute Gasteiger partial charge is 0.337 e. The molecule has 1 aliphatic heterocycles. The topological polar surface area (TPSA) is 73.6 Å². The van der Waals surface area contributed by atoms with Crippen LogP contribution in [0.5, 0.6) is 0 Å². The Bertz CT molecular complexity index is 1280. The summed E-state index contributed by atoms with van der Waals surface area (Å²) in [7, 11) is 0. The Morgan fingerprint density at radius 3 is 2.37 bits per heavy atom. The van der Waals surface area contributed by atoms with Crippen LogP contribution in [0.1, 0.15) is 69.7 Å². The van der Waals surface area contributed by atoms with Crippen LogP contribution in [0.25, 0.3) is 22.2 Å². The Morgan fingerprint density at radius 1 is 1.26 bits per heavy atom. The van der Waals surface area contributed by atoms with Crippen molar-refractivity contribution >= 4 is 28.6 Å². The van der Waals surface area contributed by atoms with Gasteiger partial charge < -0.3 is 19.1 Å². The molecule has 0 spiro atoms. The van der Waals surface area contributed by atoms with Crippen LogP contribution in [0.3, 0.4) is 0 Å². The number of carboxylic acid groups (broad SMARTS) is 1. The molecule has 1 saturated heterocycles. The lowest BCUT2D eigenvalue weighted by molar-refractivity contribution is -0.188. The zero-order chi connectivity index (χ0) is 25.9. The average molecular weight is 499 g/mol. The van der Waals surface area contributed by atoms with Gasteiger partial charge in [0.05, 0.1) is 23.9 Å². The molecule has 35 heavy (non-hydrogen) atoms. The van der Waals surface area contributed by atoms with E-state index in [1.165, 1.54) is 0 Å². The van der Waals surface area contributed by atoms with Gasteiger partial charge in [-0.25, -0.2) is 9.78 Å². The summed E-state index contributed by atoms with van der Waals surface area (Å²) >= 11 is 6.20. The molecule has 3 aromatic rings. The van der Waals surface area contributed by atoms with Gasteiger partial charge in [0.25, 0.3) is 0 Å². The van der Waals surface area contributed by atoms with Gasteiger partial charge in [-0.1, -0.05) is 23.7 Å². The number of aliphatic carboxylic acids is 1. The number of hydrogen-bond acceptors (Lipinski definition) is 4. The normalized spacial score (nSPS) is 18.5. The van der Waals surface area contributed by atoms with E-state index in [2.05, 4.69) is 32.3 Å². The van der Waals surface area contributed by atoms with Crippen LogP contribution in [0.2, 0.25) is 5.02 Å². The lowest BCUT2D eigenvalue weighted by Crippen LogP contribution is -2.47. The largest absolute Gasteiger partial charge is 0.479 e. The standard InChI is InChI=1S/C28H35ClN2O4/c1-15-17(3)31(14-20-13-28(7,8)34-20)25-21(15)23(18-9-11-19(29)12-10-18)22(16(2)30-25)24(26(32)33)35-27(4,5)6/h9-12,20,24H,13-14H2,1-8H3,(H,32,33)/t20?,24-/m0/s1. The quantitative estimate of drug-likeness (QED) is 0.405. The van der Waals surface area contributed by atoms with Gasteiger partial charge in [-0.05, 0) is 78.6 Å². The van der Waals surface area contributed by atoms with Crippen LogP contribution in [-0.4, -0.2) is 37.9 Å². The van der Waals surface area contributed by atoms with Crippen molar-refractivity contribution in [3.63, 3.8) is 0 Å². The highest BCUT2D eigenvalue weighted by atomic mass is 35.5. The number of carboxylic acids is 1. The third kappa shape index (κ3) is 4.97. The summed E-state index contributed by atoms with van der Waals surface area (Å²) in [6.07, 6.45) is -0.0703. The molecule has 0 radical (unpaired) electrons. The minimum Gasteiger partial charge on any atom is -0.479 e. The first-order valence-corrected chi connectivity index (χ1v) is 12.4. The molecule has 1 aromatic carbocycles. The Morgan fingerprint density at radius 2 is 1.86 bits per heavy atom. The predicted octanol–water partition coefficient (Wildman–Crippen LogP) is 6.79. The number of fused-ring (bicyclic) bond motifs is 1. The van der Waals surface area contributed by atoms with Gasteiger partial charge in [-0.15, -0.1) is 0 Å². The van der Waals surface area contributed by atoms with Crippen molar-refractivity contribution in [2.45, 2.75) is 91.8 Å². The third-order valence-corrected chi connectivity index (χ3v) is 6.92. The molecule has 1 unspecified atom stereocenters. The van der Waals surface area contributed by atoms with E-state index < -0.39 is 17.7 Å². The minimum absolute atomic E-state index is 0.0967. The van der Waals surface area contributed by atoms with Crippen LogP contribution in [-0.2, 0) is 20.8 Å². The number of benzene rings is 1. The zero-order valence-corrected chi connectivity index (χ0v) is 22.6. The van der Waals surface area contributed by atoms with E-state index in [0.717, 1.165) is 39.8 Å². The second-order valence-corrected chi connectivity index (χ2v) is 11.6. The van der Waals surface area contributed by atoms with E-state index in [0.29, 0.717) is 22.8 Å². The second-order valence-electron chi connectivity index (χ2n) is 11.2. The highest BCUT2D eigenvalue weighted by Crippen LogP contribution is 2.43. The number of ether oxygens (including phenoxy) is 2. The lowest BCUT2D eigenvalue weighted by Gasteiger charge is -2.43. The number of aromatic nitrogens is 2. The highest BCUT2D eigenvalue weighted by Gasteiger charge is 2.38. The van der Waals surface area contributed by atoms with Crippen molar-refractivity contribution in [1.29, 1.82) is 0 Å². The zero-order valence-electron chi connectivity index (χ0n) is 21.8. The number of halogens is 1. The number of pyridine rings is 1. The molecule has 1 N–H and O–H groups in total.